The van der Waals surface area contributed by atoms with Gasteiger partial charge in [-0.3, -0.25) is 0 Å². The van der Waals surface area contributed by atoms with E-state index in [-0.39, 0.29) is 11.7 Å². The molecule has 0 saturated heterocycles. The molecule has 0 aromatic rings. The number of hydrogen-bond donors (Lipinski definition) is 1. The van der Waals surface area contributed by atoms with E-state index in [2.05, 4.69) is 10.2 Å². The van der Waals surface area contributed by atoms with Crippen molar-refractivity contribution in [3.63, 3.8) is 0 Å². The van der Waals surface area contributed by atoms with Crippen molar-refractivity contribution in [2.24, 2.45) is 16.0 Å². The van der Waals surface area contributed by atoms with Gasteiger partial charge in [0.25, 0.3) is 0 Å². The van der Waals surface area contributed by atoms with Crippen LogP contribution in [0.2, 0.25) is 0 Å². The molecule has 1 rings (SSSR count). The molecule has 1 heterocycles. The second kappa shape index (κ2) is 2.45. The maximum Gasteiger partial charge on any atom is 0.165 e. The van der Waals surface area contributed by atoms with E-state index in [1.54, 1.807) is 6.08 Å². The van der Waals surface area contributed by atoms with Gasteiger partial charge in [0.2, 0.25) is 0 Å². The molecular formula is C5H8ClN3. The van der Waals surface area contributed by atoms with Crippen LogP contribution in [0.3, 0.4) is 0 Å². The van der Waals surface area contributed by atoms with E-state index >= 15 is 0 Å². The lowest BCUT2D eigenvalue weighted by Gasteiger charge is -2.10. The minimum absolute atomic E-state index is 0.292. The molecule has 2 N–H and O–H groups in total. The SMILES string of the molecule is CC1=C[C@H](N)N=N[C@@H]1Cl. The molecule has 50 valence electrons. The number of halogens is 1. The predicted molar refractivity (Wildman–Crippen MR) is 36.2 cm³/mol. The molecule has 3 nitrogen and oxygen atoms in total. The lowest BCUT2D eigenvalue weighted by atomic mass is 10.2. The highest BCUT2D eigenvalue weighted by Crippen LogP contribution is 2.16. The van der Waals surface area contributed by atoms with E-state index in [9.17, 15) is 0 Å². The summed E-state index contributed by atoms with van der Waals surface area (Å²) in [5.74, 6) is 0. The summed E-state index contributed by atoms with van der Waals surface area (Å²) in [4.78, 5) is 0. The lowest BCUT2D eigenvalue weighted by Crippen LogP contribution is -2.18. The van der Waals surface area contributed by atoms with Gasteiger partial charge >= 0.3 is 0 Å². The summed E-state index contributed by atoms with van der Waals surface area (Å²) < 4.78 is 0. The number of alkyl halides is 1. The van der Waals surface area contributed by atoms with E-state index in [1.807, 2.05) is 6.92 Å². The van der Waals surface area contributed by atoms with Crippen molar-refractivity contribution < 1.29 is 0 Å². The van der Waals surface area contributed by atoms with E-state index in [0.717, 1.165) is 5.57 Å². The van der Waals surface area contributed by atoms with Crippen LogP contribution in [0.5, 0.6) is 0 Å². The highest BCUT2D eigenvalue weighted by Gasteiger charge is 2.10. The lowest BCUT2D eigenvalue weighted by molar-refractivity contribution is 0.718. The van der Waals surface area contributed by atoms with Crippen molar-refractivity contribution >= 4 is 11.6 Å². The highest BCUT2D eigenvalue weighted by atomic mass is 35.5. The van der Waals surface area contributed by atoms with Crippen molar-refractivity contribution in [1.29, 1.82) is 0 Å². The van der Waals surface area contributed by atoms with Crippen LogP contribution in [0.1, 0.15) is 6.92 Å². The van der Waals surface area contributed by atoms with E-state index in [0.29, 0.717) is 0 Å². The quantitative estimate of drug-likeness (QED) is 0.311. The van der Waals surface area contributed by atoms with Crippen LogP contribution in [0.4, 0.5) is 0 Å². The molecule has 1 aliphatic rings. The largest absolute Gasteiger partial charge is 0.305 e. The fraction of sp³-hybridized carbons (Fsp3) is 0.600. The average Bonchev–Trinajstić information content (AvgIpc) is 1.80. The molecule has 0 aromatic carbocycles. The Kier molecular flexibility index (Phi) is 1.83. The Morgan fingerprint density at radius 1 is 1.67 bits per heavy atom. The van der Waals surface area contributed by atoms with E-state index in [4.69, 9.17) is 17.3 Å². The minimum atomic E-state index is -0.301. The topological polar surface area (TPSA) is 50.7 Å². The Bertz CT molecular complexity index is 164. The van der Waals surface area contributed by atoms with Gasteiger partial charge in [-0.15, -0.1) is 0 Å². The zero-order chi connectivity index (χ0) is 6.85. The Morgan fingerprint density at radius 3 is 2.78 bits per heavy atom. The van der Waals surface area contributed by atoms with Gasteiger partial charge in [-0.25, -0.2) is 0 Å². The number of azo groups is 1. The fourth-order valence-electron chi connectivity index (χ4n) is 0.609. The van der Waals surface area contributed by atoms with Crippen molar-refractivity contribution in [3.8, 4) is 0 Å². The van der Waals surface area contributed by atoms with Gasteiger partial charge in [0.05, 0.1) is 0 Å². The van der Waals surface area contributed by atoms with Gasteiger partial charge in [0.1, 0.15) is 6.17 Å². The second-order valence-corrected chi connectivity index (χ2v) is 2.38. The van der Waals surface area contributed by atoms with Crippen LogP contribution in [-0.2, 0) is 0 Å². The first-order valence-corrected chi connectivity index (χ1v) is 3.12. The van der Waals surface area contributed by atoms with Gasteiger partial charge in [-0.1, -0.05) is 11.6 Å². The monoisotopic (exact) mass is 145 g/mol. The first-order chi connectivity index (χ1) is 4.20. The molecule has 0 saturated carbocycles. The third-order valence-corrected chi connectivity index (χ3v) is 1.54. The molecule has 0 radical (unpaired) electrons. The van der Waals surface area contributed by atoms with Crippen LogP contribution in [0.25, 0.3) is 0 Å². The Labute approximate surface area is 58.6 Å². The molecule has 0 bridgehead atoms. The molecule has 9 heavy (non-hydrogen) atoms. The Hall–Kier alpha value is -0.410. The van der Waals surface area contributed by atoms with Crippen LogP contribution in [0.15, 0.2) is 21.9 Å². The first-order valence-electron chi connectivity index (χ1n) is 2.68. The highest BCUT2D eigenvalue weighted by molar-refractivity contribution is 6.22. The van der Waals surface area contributed by atoms with Gasteiger partial charge < -0.3 is 5.73 Å². The van der Waals surface area contributed by atoms with E-state index < -0.39 is 0 Å². The maximum absolute atomic E-state index is 5.65. The Balaban J connectivity index is 2.70. The van der Waals surface area contributed by atoms with Gasteiger partial charge in [0, 0.05) is 0 Å². The van der Waals surface area contributed by atoms with Crippen LogP contribution in [0, 0.1) is 0 Å². The molecule has 0 amide bonds. The Morgan fingerprint density at radius 2 is 2.33 bits per heavy atom. The molecule has 0 spiro atoms. The van der Waals surface area contributed by atoms with Gasteiger partial charge in [-0.2, -0.15) is 10.2 Å². The normalized spacial score (nSPS) is 34.3. The summed E-state index contributed by atoms with van der Waals surface area (Å²) in [5.41, 5.74) is 6.06. The van der Waals surface area contributed by atoms with Gasteiger partial charge in [0.15, 0.2) is 5.50 Å². The second-order valence-electron chi connectivity index (χ2n) is 1.97. The summed E-state index contributed by atoms with van der Waals surface area (Å²) >= 11 is 5.65. The molecule has 0 unspecified atom stereocenters. The summed E-state index contributed by atoms with van der Waals surface area (Å²) in [7, 11) is 0. The fourth-order valence-corrected chi connectivity index (χ4v) is 0.732. The molecule has 0 fully saturated rings. The number of nitrogens with zero attached hydrogens (tertiary/aromatic N) is 2. The molecule has 0 aromatic heterocycles. The third kappa shape index (κ3) is 1.50. The van der Waals surface area contributed by atoms with Crippen molar-refractivity contribution in [1.82, 2.24) is 0 Å². The molecule has 4 heteroatoms. The number of hydrogen-bond acceptors (Lipinski definition) is 3. The van der Waals surface area contributed by atoms with Crippen molar-refractivity contribution in [3.05, 3.63) is 11.6 Å². The summed E-state index contributed by atoms with van der Waals surface area (Å²) in [5, 5.41) is 7.34. The summed E-state index contributed by atoms with van der Waals surface area (Å²) in [6.07, 6.45) is 1.50. The standard InChI is InChI=1S/C5H8ClN3/c1-3-2-4(7)8-9-5(3)6/h2,4-5H,7H2,1H3/t4-,5+/m1/s1. The summed E-state index contributed by atoms with van der Waals surface area (Å²) in [6.45, 7) is 1.88. The molecule has 1 aliphatic heterocycles. The molecule has 2 atom stereocenters. The number of rotatable bonds is 0. The van der Waals surface area contributed by atoms with Crippen molar-refractivity contribution in [2.75, 3.05) is 0 Å². The third-order valence-electron chi connectivity index (χ3n) is 1.11. The van der Waals surface area contributed by atoms with Crippen molar-refractivity contribution in [2.45, 2.75) is 18.6 Å². The minimum Gasteiger partial charge on any atom is -0.305 e. The first kappa shape index (κ1) is 6.71. The van der Waals surface area contributed by atoms with Gasteiger partial charge in [-0.05, 0) is 18.6 Å². The smallest absolute Gasteiger partial charge is 0.165 e. The molecule has 0 aliphatic carbocycles. The van der Waals surface area contributed by atoms with Crippen LogP contribution >= 0.6 is 11.6 Å². The summed E-state index contributed by atoms with van der Waals surface area (Å²) in [6, 6.07) is 0. The van der Waals surface area contributed by atoms with Crippen LogP contribution < -0.4 is 5.73 Å². The molecular weight excluding hydrogens is 138 g/mol. The zero-order valence-electron chi connectivity index (χ0n) is 5.08. The number of nitrogens with two attached hydrogens (primary N) is 1. The van der Waals surface area contributed by atoms with E-state index in [1.165, 1.54) is 0 Å². The zero-order valence-corrected chi connectivity index (χ0v) is 5.84. The average molecular weight is 146 g/mol. The maximum atomic E-state index is 5.65. The van der Waals surface area contributed by atoms with Crippen LogP contribution in [-0.4, -0.2) is 11.7 Å². The predicted octanol–water partition coefficient (Wildman–Crippen LogP) is 1.25.